The first-order valence-corrected chi connectivity index (χ1v) is 6.32. The Bertz CT molecular complexity index is 442. The third kappa shape index (κ3) is 1.65. The molecule has 0 bridgehead atoms. The van der Waals surface area contributed by atoms with Crippen molar-refractivity contribution in [1.82, 2.24) is 0 Å². The molecule has 0 spiro atoms. The first kappa shape index (κ1) is 9.29. The molecule has 0 radical (unpaired) electrons. The molecule has 0 fully saturated rings. The molecule has 0 nitrogen and oxygen atoms in total. The number of hydrogen-bond acceptors (Lipinski definition) is 1. The van der Waals surface area contributed by atoms with Crippen LogP contribution in [-0.4, -0.2) is 5.25 Å². The topological polar surface area (TPSA) is 0 Å². The first-order chi connectivity index (χ1) is 7.33. The van der Waals surface area contributed by atoms with Gasteiger partial charge in [-0.15, -0.1) is 11.8 Å². The molecule has 0 saturated carbocycles. The number of benzene rings is 1. The monoisotopic (exact) mass is 214 g/mol. The highest BCUT2D eigenvalue weighted by Crippen LogP contribution is 2.41. The van der Waals surface area contributed by atoms with Gasteiger partial charge >= 0.3 is 0 Å². The van der Waals surface area contributed by atoms with Crippen LogP contribution in [0, 0.1) is 5.92 Å². The van der Waals surface area contributed by atoms with Crippen LogP contribution in [0.2, 0.25) is 0 Å². The Balaban J connectivity index is 1.98. The Morgan fingerprint density at radius 1 is 1.27 bits per heavy atom. The predicted molar refractivity (Wildman–Crippen MR) is 66.2 cm³/mol. The molecule has 2 atom stereocenters. The Labute approximate surface area is 95.1 Å². The lowest BCUT2D eigenvalue weighted by Crippen LogP contribution is -2.22. The van der Waals surface area contributed by atoms with Crippen molar-refractivity contribution >= 4 is 11.8 Å². The molecule has 3 rings (SSSR count). The van der Waals surface area contributed by atoms with Gasteiger partial charge in [0.1, 0.15) is 0 Å². The number of fused-ring (bicyclic) bond motifs is 2. The fourth-order valence-electron chi connectivity index (χ4n) is 2.37. The minimum absolute atomic E-state index is 0.656. The predicted octanol–water partition coefficient (Wildman–Crippen LogP) is 3.84. The summed E-state index contributed by atoms with van der Waals surface area (Å²) in [4.78, 5) is 1.47. The SMILES string of the molecule is CC1=CC2Cc3ccccc3SC2C=C1. The van der Waals surface area contributed by atoms with Gasteiger partial charge in [-0.05, 0) is 30.9 Å². The normalized spacial score (nSPS) is 27.9. The molecule has 1 aromatic rings. The Kier molecular flexibility index (Phi) is 2.21. The maximum Gasteiger partial charge on any atom is 0.0343 e. The maximum absolute atomic E-state index is 2.42. The summed E-state index contributed by atoms with van der Waals surface area (Å²) in [7, 11) is 0. The summed E-state index contributed by atoms with van der Waals surface area (Å²) < 4.78 is 0. The largest absolute Gasteiger partial charge is 0.118 e. The van der Waals surface area contributed by atoms with E-state index >= 15 is 0 Å². The molecule has 1 aromatic carbocycles. The summed E-state index contributed by atoms with van der Waals surface area (Å²) in [5, 5.41) is 0.656. The van der Waals surface area contributed by atoms with Gasteiger partial charge in [-0.1, -0.05) is 42.0 Å². The number of thioether (sulfide) groups is 1. The van der Waals surface area contributed by atoms with Gasteiger partial charge in [0, 0.05) is 10.1 Å². The van der Waals surface area contributed by atoms with Gasteiger partial charge in [-0.2, -0.15) is 0 Å². The zero-order valence-electron chi connectivity index (χ0n) is 8.81. The fourth-order valence-corrected chi connectivity index (χ4v) is 3.63. The standard InChI is InChI=1S/C14H14S/c1-10-6-7-14-12(8-10)9-11-4-2-3-5-13(11)15-14/h2-8,12,14H,9H2,1H3. The van der Waals surface area contributed by atoms with Crippen LogP contribution in [0.25, 0.3) is 0 Å². The summed E-state index contributed by atoms with van der Waals surface area (Å²) in [5.41, 5.74) is 2.93. The van der Waals surface area contributed by atoms with Crippen LogP contribution in [0.15, 0.2) is 53.0 Å². The first-order valence-electron chi connectivity index (χ1n) is 5.44. The van der Waals surface area contributed by atoms with Crippen molar-refractivity contribution in [3.05, 3.63) is 53.6 Å². The third-order valence-electron chi connectivity index (χ3n) is 3.14. The van der Waals surface area contributed by atoms with Crippen LogP contribution in [0.4, 0.5) is 0 Å². The Morgan fingerprint density at radius 2 is 2.13 bits per heavy atom. The fraction of sp³-hybridized carbons (Fsp3) is 0.286. The van der Waals surface area contributed by atoms with Gasteiger partial charge < -0.3 is 0 Å². The van der Waals surface area contributed by atoms with Gasteiger partial charge in [0.2, 0.25) is 0 Å². The number of rotatable bonds is 0. The summed E-state index contributed by atoms with van der Waals surface area (Å²) in [6.45, 7) is 2.19. The van der Waals surface area contributed by atoms with Crippen molar-refractivity contribution in [2.75, 3.05) is 0 Å². The third-order valence-corrected chi connectivity index (χ3v) is 4.57. The van der Waals surface area contributed by atoms with E-state index in [1.165, 1.54) is 22.5 Å². The van der Waals surface area contributed by atoms with Crippen molar-refractivity contribution in [1.29, 1.82) is 0 Å². The molecule has 1 aliphatic heterocycles. The van der Waals surface area contributed by atoms with E-state index in [2.05, 4.69) is 49.4 Å². The van der Waals surface area contributed by atoms with Crippen LogP contribution >= 0.6 is 11.8 Å². The second-order valence-corrected chi connectivity index (χ2v) is 5.55. The molecule has 76 valence electrons. The zero-order valence-corrected chi connectivity index (χ0v) is 9.63. The van der Waals surface area contributed by atoms with Crippen molar-refractivity contribution < 1.29 is 0 Å². The molecule has 2 aliphatic rings. The highest BCUT2D eigenvalue weighted by molar-refractivity contribution is 8.00. The summed E-state index contributed by atoms with van der Waals surface area (Å²) in [6, 6.07) is 8.80. The van der Waals surface area contributed by atoms with Crippen LogP contribution in [-0.2, 0) is 6.42 Å². The van der Waals surface area contributed by atoms with Crippen molar-refractivity contribution in [2.24, 2.45) is 5.92 Å². The van der Waals surface area contributed by atoms with E-state index in [4.69, 9.17) is 0 Å². The van der Waals surface area contributed by atoms with E-state index in [9.17, 15) is 0 Å². The number of allylic oxidation sites excluding steroid dienone is 3. The molecule has 15 heavy (non-hydrogen) atoms. The van der Waals surface area contributed by atoms with Crippen LogP contribution in [0.1, 0.15) is 12.5 Å². The highest BCUT2D eigenvalue weighted by Gasteiger charge is 2.27. The lowest BCUT2D eigenvalue weighted by molar-refractivity contribution is 0.641. The molecular weight excluding hydrogens is 200 g/mol. The molecule has 0 aromatic heterocycles. The number of hydrogen-bond donors (Lipinski definition) is 0. The molecule has 1 aliphatic carbocycles. The average molecular weight is 214 g/mol. The lowest BCUT2D eigenvalue weighted by Gasteiger charge is -2.31. The minimum atomic E-state index is 0.656. The van der Waals surface area contributed by atoms with E-state index in [0.29, 0.717) is 11.2 Å². The summed E-state index contributed by atoms with van der Waals surface area (Å²) in [6.07, 6.45) is 8.24. The van der Waals surface area contributed by atoms with Gasteiger partial charge in [0.05, 0.1) is 0 Å². The van der Waals surface area contributed by atoms with Gasteiger partial charge in [-0.25, -0.2) is 0 Å². The molecular formula is C14H14S. The van der Waals surface area contributed by atoms with Gasteiger partial charge in [0.25, 0.3) is 0 Å². The summed E-state index contributed by atoms with van der Waals surface area (Å²) in [5.74, 6) is 0.704. The molecule has 0 amide bonds. The zero-order chi connectivity index (χ0) is 10.3. The lowest BCUT2D eigenvalue weighted by atomic mass is 9.90. The summed E-state index contributed by atoms with van der Waals surface area (Å²) >= 11 is 2.01. The van der Waals surface area contributed by atoms with Gasteiger partial charge in [-0.3, -0.25) is 0 Å². The smallest absolute Gasteiger partial charge is 0.0343 e. The molecule has 2 unspecified atom stereocenters. The Hall–Kier alpha value is -0.950. The second kappa shape index (κ2) is 3.57. The molecule has 0 N–H and O–H groups in total. The van der Waals surface area contributed by atoms with Crippen molar-refractivity contribution in [2.45, 2.75) is 23.5 Å². The van der Waals surface area contributed by atoms with E-state index < -0.39 is 0 Å². The Morgan fingerprint density at radius 3 is 3.07 bits per heavy atom. The van der Waals surface area contributed by atoms with Crippen LogP contribution in [0.3, 0.4) is 0 Å². The van der Waals surface area contributed by atoms with Crippen molar-refractivity contribution in [3.8, 4) is 0 Å². The second-order valence-electron chi connectivity index (χ2n) is 4.33. The maximum atomic E-state index is 2.42. The quantitative estimate of drug-likeness (QED) is 0.632. The van der Waals surface area contributed by atoms with Crippen molar-refractivity contribution in [3.63, 3.8) is 0 Å². The molecule has 1 heteroatoms. The van der Waals surface area contributed by atoms with Crippen LogP contribution < -0.4 is 0 Å². The minimum Gasteiger partial charge on any atom is -0.118 e. The van der Waals surface area contributed by atoms with Crippen LogP contribution in [0.5, 0.6) is 0 Å². The average Bonchev–Trinajstić information content (AvgIpc) is 2.26. The van der Waals surface area contributed by atoms with Gasteiger partial charge in [0.15, 0.2) is 0 Å². The van der Waals surface area contributed by atoms with E-state index in [1.807, 2.05) is 11.8 Å². The molecule has 1 heterocycles. The molecule has 0 saturated heterocycles. The van der Waals surface area contributed by atoms with E-state index in [0.717, 1.165) is 0 Å². The van der Waals surface area contributed by atoms with E-state index in [-0.39, 0.29) is 0 Å². The highest BCUT2D eigenvalue weighted by atomic mass is 32.2. The van der Waals surface area contributed by atoms with E-state index in [1.54, 1.807) is 0 Å².